The van der Waals surface area contributed by atoms with Crippen molar-refractivity contribution in [1.29, 1.82) is 0 Å². The molecule has 8 heteroatoms. The minimum atomic E-state index is -3.51. The average molecular weight is 402 g/mol. The molecule has 0 saturated carbocycles. The van der Waals surface area contributed by atoms with Crippen LogP contribution in [-0.2, 0) is 9.84 Å². The summed E-state index contributed by atoms with van der Waals surface area (Å²) in [4.78, 5) is 28.8. The molecule has 1 heterocycles. The fourth-order valence-corrected chi connectivity index (χ4v) is 4.05. The molecular formula is C20H22N2O5S. The molecule has 0 bridgehead atoms. The maximum Gasteiger partial charge on any atom is 0.255 e. The minimum absolute atomic E-state index is 0.0248. The predicted octanol–water partition coefficient (Wildman–Crippen LogP) is 1.70. The first-order valence-corrected chi connectivity index (χ1v) is 10.7. The third-order valence-corrected chi connectivity index (χ3v) is 5.86. The van der Waals surface area contributed by atoms with Crippen LogP contribution in [0.3, 0.4) is 0 Å². The zero-order valence-electron chi connectivity index (χ0n) is 15.8. The molecule has 28 heavy (non-hydrogen) atoms. The Kier molecular flexibility index (Phi) is 5.69. The second-order valence-corrected chi connectivity index (χ2v) is 8.57. The third-order valence-electron chi connectivity index (χ3n) is 4.71. The molecule has 0 aromatic heterocycles. The predicted molar refractivity (Wildman–Crippen MR) is 104 cm³/mol. The van der Waals surface area contributed by atoms with Crippen molar-refractivity contribution in [3.05, 3.63) is 59.7 Å². The molecule has 0 aliphatic carbocycles. The number of benzene rings is 2. The summed E-state index contributed by atoms with van der Waals surface area (Å²) in [7, 11) is -1.94. The van der Waals surface area contributed by atoms with Crippen LogP contribution in [0.1, 0.15) is 20.7 Å². The number of amides is 2. The van der Waals surface area contributed by atoms with Gasteiger partial charge in [-0.05, 0) is 36.4 Å². The number of methoxy groups -OCH3 is 1. The number of hydrogen-bond donors (Lipinski definition) is 0. The molecule has 0 N–H and O–H groups in total. The summed E-state index contributed by atoms with van der Waals surface area (Å²) in [6.07, 6.45) is 1.09. The highest BCUT2D eigenvalue weighted by atomic mass is 32.2. The fraction of sp³-hybridized carbons (Fsp3) is 0.300. The number of hydrogen-bond acceptors (Lipinski definition) is 5. The van der Waals surface area contributed by atoms with Crippen molar-refractivity contribution in [3.63, 3.8) is 0 Å². The van der Waals surface area contributed by atoms with Crippen molar-refractivity contribution < 1.29 is 22.7 Å². The van der Waals surface area contributed by atoms with Crippen LogP contribution in [0.4, 0.5) is 0 Å². The lowest BCUT2D eigenvalue weighted by molar-refractivity contribution is 0.0533. The number of sulfone groups is 1. The molecule has 0 spiro atoms. The van der Waals surface area contributed by atoms with Crippen LogP contribution in [0.15, 0.2) is 53.4 Å². The summed E-state index contributed by atoms with van der Waals surface area (Å²) in [5.74, 6) is 0.236. The fourth-order valence-electron chi connectivity index (χ4n) is 3.17. The van der Waals surface area contributed by atoms with Gasteiger partial charge in [-0.25, -0.2) is 8.42 Å². The lowest BCUT2D eigenvalue weighted by Crippen LogP contribution is -2.50. The van der Waals surface area contributed by atoms with Crippen molar-refractivity contribution in [3.8, 4) is 5.75 Å². The Morgan fingerprint density at radius 3 is 1.93 bits per heavy atom. The van der Waals surface area contributed by atoms with Crippen molar-refractivity contribution in [1.82, 2.24) is 9.80 Å². The summed E-state index contributed by atoms with van der Waals surface area (Å²) in [6, 6.07) is 13.1. The van der Waals surface area contributed by atoms with Gasteiger partial charge in [0.25, 0.3) is 11.8 Å². The van der Waals surface area contributed by atoms with E-state index in [4.69, 9.17) is 4.74 Å². The van der Waals surface area contributed by atoms with Crippen molar-refractivity contribution >= 4 is 21.7 Å². The van der Waals surface area contributed by atoms with E-state index >= 15 is 0 Å². The van der Waals surface area contributed by atoms with Gasteiger partial charge >= 0.3 is 0 Å². The van der Waals surface area contributed by atoms with E-state index < -0.39 is 9.84 Å². The molecule has 1 aliphatic heterocycles. The second-order valence-electron chi connectivity index (χ2n) is 6.58. The largest absolute Gasteiger partial charge is 0.497 e. The molecule has 148 valence electrons. The minimum Gasteiger partial charge on any atom is -0.497 e. The zero-order valence-corrected chi connectivity index (χ0v) is 16.6. The monoisotopic (exact) mass is 402 g/mol. The van der Waals surface area contributed by atoms with E-state index in [2.05, 4.69) is 0 Å². The van der Waals surface area contributed by atoms with Crippen molar-refractivity contribution in [2.75, 3.05) is 39.5 Å². The van der Waals surface area contributed by atoms with Crippen LogP contribution in [0.2, 0.25) is 0 Å². The average Bonchev–Trinajstić information content (AvgIpc) is 2.72. The Labute approximate surface area is 164 Å². The van der Waals surface area contributed by atoms with Crippen LogP contribution < -0.4 is 4.74 Å². The smallest absolute Gasteiger partial charge is 0.255 e. The summed E-state index contributed by atoms with van der Waals surface area (Å²) >= 11 is 0. The van der Waals surface area contributed by atoms with Gasteiger partial charge in [0.15, 0.2) is 9.84 Å². The number of carbonyl (C=O) groups is 2. The molecule has 1 fully saturated rings. The van der Waals surface area contributed by atoms with Gasteiger partial charge in [-0.3, -0.25) is 9.59 Å². The van der Waals surface area contributed by atoms with Gasteiger partial charge in [-0.15, -0.1) is 0 Å². The van der Waals surface area contributed by atoms with Gasteiger partial charge in [-0.2, -0.15) is 0 Å². The molecule has 2 aromatic rings. The molecule has 0 radical (unpaired) electrons. The number of rotatable bonds is 4. The Balaban J connectivity index is 1.68. The van der Waals surface area contributed by atoms with Gasteiger partial charge in [0.05, 0.1) is 17.6 Å². The maximum atomic E-state index is 12.8. The molecule has 3 rings (SSSR count). The quantitative estimate of drug-likeness (QED) is 0.777. The van der Waals surface area contributed by atoms with E-state index in [-0.39, 0.29) is 22.3 Å². The first-order valence-electron chi connectivity index (χ1n) is 8.83. The lowest BCUT2D eigenvalue weighted by atomic mass is 10.1. The van der Waals surface area contributed by atoms with Gasteiger partial charge < -0.3 is 14.5 Å². The number of carbonyl (C=O) groups excluding carboxylic acids is 2. The Hall–Kier alpha value is -2.87. The van der Waals surface area contributed by atoms with Crippen molar-refractivity contribution in [2.45, 2.75) is 4.90 Å². The van der Waals surface area contributed by atoms with Crippen LogP contribution in [0.25, 0.3) is 0 Å². The molecular weight excluding hydrogens is 380 g/mol. The van der Waals surface area contributed by atoms with Gasteiger partial charge in [0.2, 0.25) is 0 Å². The third kappa shape index (κ3) is 4.17. The highest BCUT2D eigenvalue weighted by molar-refractivity contribution is 7.90. The van der Waals surface area contributed by atoms with Gasteiger partial charge in [0.1, 0.15) is 5.75 Å². The number of nitrogens with zero attached hydrogens (tertiary/aromatic N) is 2. The summed E-state index contributed by atoms with van der Waals surface area (Å²) in [6.45, 7) is 1.47. The van der Waals surface area contributed by atoms with E-state index in [9.17, 15) is 18.0 Å². The Morgan fingerprint density at radius 2 is 1.39 bits per heavy atom. The Bertz CT molecular complexity index is 978. The molecule has 7 nitrogen and oxygen atoms in total. The normalized spacial score (nSPS) is 14.6. The molecule has 1 saturated heterocycles. The van der Waals surface area contributed by atoms with E-state index in [1.165, 1.54) is 12.1 Å². The molecule has 1 aliphatic rings. The van der Waals surface area contributed by atoms with Crippen LogP contribution >= 0.6 is 0 Å². The molecule has 2 amide bonds. The first kappa shape index (κ1) is 19.9. The second kappa shape index (κ2) is 8.02. The highest BCUT2D eigenvalue weighted by Crippen LogP contribution is 2.19. The first-order chi connectivity index (χ1) is 13.3. The topological polar surface area (TPSA) is 84.0 Å². The van der Waals surface area contributed by atoms with E-state index in [0.29, 0.717) is 37.5 Å². The van der Waals surface area contributed by atoms with E-state index in [1.54, 1.807) is 53.3 Å². The van der Waals surface area contributed by atoms with Crippen LogP contribution in [0.5, 0.6) is 5.75 Å². The summed E-state index contributed by atoms with van der Waals surface area (Å²) in [5, 5.41) is 0. The number of piperazine rings is 1. The highest BCUT2D eigenvalue weighted by Gasteiger charge is 2.28. The zero-order chi connectivity index (χ0) is 20.3. The molecule has 0 atom stereocenters. The maximum absolute atomic E-state index is 12.8. The van der Waals surface area contributed by atoms with Gasteiger partial charge in [0, 0.05) is 38.0 Å². The lowest BCUT2D eigenvalue weighted by Gasteiger charge is -2.35. The molecule has 0 unspecified atom stereocenters. The SMILES string of the molecule is COc1ccc(C(=O)N2CCN(C(=O)c3ccccc3S(C)(=O)=O)CC2)cc1. The van der Waals surface area contributed by atoms with Gasteiger partial charge in [-0.1, -0.05) is 12.1 Å². The van der Waals surface area contributed by atoms with Crippen molar-refractivity contribution in [2.24, 2.45) is 0 Å². The Morgan fingerprint density at radius 1 is 0.857 bits per heavy atom. The molecule has 2 aromatic carbocycles. The van der Waals surface area contributed by atoms with Crippen LogP contribution in [-0.4, -0.2) is 69.6 Å². The summed E-state index contributed by atoms with van der Waals surface area (Å²) in [5.41, 5.74) is 0.725. The summed E-state index contributed by atoms with van der Waals surface area (Å²) < 4.78 is 29.0. The number of ether oxygens (including phenoxy) is 1. The van der Waals surface area contributed by atoms with Crippen LogP contribution in [0, 0.1) is 0 Å². The van der Waals surface area contributed by atoms with E-state index in [0.717, 1.165) is 6.26 Å². The standard InChI is InChI=1S/C20H22N2O5S/c1-27-16-9-7-15(8-10-16)19(23)21-11-13-22(14-12-21)20(24)17-5-3-4-6-18(17)28(2,25)26/h3-10H,11-14H2,1-2H3. The van der Waals surface area contributed by atoms with E-state index in [1.807, 2.05) is 0 Å².